The van der Waals surface area contributed by atoms with E-state index in [-0.39, 0.29) is 5.69 Å². The van der Waals surface area contributed by atoms with Crippen molar-refractivity contribution in [2.24, 2.45) is 0 Å². The minimum absolute atomic E-state index is 0.146. The molecule has 1 N–H and O–H groups in total. The number of nitrogens with zero attached hydrogens (tertiary/aromatic N) is 3. The van der Waals surface area contributed by atoms with E-state index >= 15 is 0 Å². The molecule has 0 aliphatic rings. The number of rotatable bonds is 3. The molecule has 1 aromatic heterocycles. The SMILES string of the molecule is COC(=O)c1ccc(-n2cc(C(=O)O)nn2)cc1. The van der Waals surface area contributed by atoms with E-state index in [0.29, 0.717) is 11.3 Å². The summed E-state index contributed by atoms with van der Waals surface area (Å²) in [6, 6.07) is 6.35. The third-order valence-electron chi connectivity index (χ3n) is 2.27. The highest BCUT2D eigenvalue weighted by Gasteiger charge is 2.10. The van der Waals surface area contributed by atoms with Crippen LogP contribution in [0.2, 0.25) is 0 Å². The van der Waals surface area contributed by atoms with Gasteiger partial charge in [-0.05, 0) is 24.3 Å². The van der Waals surface area contributed by atoms with Crippen LogP contribution in [0.1, 0.15) is 20.8 Å². The fourth-order valence-electron chi connectivity index (χ4n) is 1.36. The molecule has 0 amide bonds. The third-order valence-corrected chi connectivity index (χ3v) is 2.27. The van der Waals surface area contributed by atoms with E-state index in [1.165, 1.54) is 18.0 Å². The molecule has 0 saturated carbocycles. The van der Waals surface area contributed by atoms with Crippen LogP contribution in [0.4, 0.5) is 0 Å². The summed E-state index contributed by atoms with van der Waals surface area (Å²) >= 11 is 0. The molecule has 0 atom stereocenters. The number of hydrogen-bond acceptors (Lipinski definition) is 5. The number of carbonyl (C=O) groups is 2. The maximum atomic E-state index is 11.2. The Morgan fingerprint density at radius 3 is 2.44 bits per heavy atom. The lowest BCUT2D eigenvalue weighted by molar-refractivity contribution is 0.0599. The number of carboxylic acids is 1. The molecule has 0 fully saturated rings. The van der Waals surface area contributed by atoms with E-state index in [1.54, 1.807) is 24.3 Å². The van der Waals surface area contributed by atoms with Crippen molar-refractivity contribution in [1.29, 1.82) is 0 Å². The molecule has 7 heteroatoms. The number of methoxy groups -OCH3 is 1. The number of benzene rings is 1. The third kappa shape index (κ3) is 2.19. The second-order valence-corrected chi connectivity index (χ2v) is 3.39. The van der Waals surface area contributed by atoms with Gasteiger partial charge in [-0.1, -0.05) is 5.21 Å². The average molecular weight is 247 g/mol. The minimum Gasteiger partial charge on any atom is -0.476 e. The molecule has 2 rings (SSSR count). The van der Waals surface area contributed by atoms with Crippen LogP contribution in [0, 0.1) is 0 Å². The molecule has 2 aromatic rings. The van der Waals surface area contributed by atoms with Crippen LogP contribution in [-0.2, 0) is 4.74 Å². The van der Waals surface area contributed by atoms with Crippen molar-refractivity contribution in [1.82, 2.24) is 15.0 Å². The maximum Gasteiger partial charge on any atom is 0.358 e. The first-order valence-electron chi connectivity index (χ1n) is 4.96. The zero-order valence-corrected chi connectivity index (χ0v) is 9.40. The van der Waals surface area contributed by atoms with Crippen LogP contribution in [0.5, 0.6) is 0 Å². The van der Waals surface area contributed by atoms with Gasteiger partial charge in [-0.25, -0.2) is 14.3 Å². The largest absolute Gasteiger partial charge is 0.476 e. The predicted molar refractivity (Wildman–Crippen MR) is 59.7 cm³/mol. The Morgan fingerprint density at radius 2 is 1.94 bits per heavy atom. The van der Waals surface area contributed by atoms with Gasteiger partial charge in [-0.3, -0.25) is 0 Å². The zero-order chi connectivity index (χ0) is 13.1. The molecule has 0 radical (unpaired) electrons. The summed E-state index contributed by atoms with van der Waals surface area (Å²) in [5.41, 5.74) is 0.856. The topological polar surface area (TPSA) is 94.3 Å². The summed E-state index contributed by atoms with van der Waals surface area (Å²) in [7, 11) is 1.30. The minimum atomic E-state index is -1.15. The Hall–Kier alpha value is -2.70. The molecule has 0 aliphatic carbocycles. The number of hydrogen-bond donors (Lipinski definition) is 1. The summed E-state index contributed by atoms with van der Waals surface area (Å²) in [6.07, 6.45) is 1.29. The van der Waals surface area contributed by atoms with Crippen molar-refractivity contribution in [2.75, 3.05) is 7.11 Å². The van der Waals surface area contributed by atoms with Crippen LogP contribution in [0.25, 0.3) is 5.69 Å². The average Bonchev–Trinajstić information content (AvgIpc) is 2.88. The summed E-state index contributed by atoms with van der Waals surface area (Å²) in [4.78, 5) is 21.9. The van der Waals surface area contributed by atoms with Gasteiger partial charge >= 0.3 is 11.9 Å². The van der Waals surface area contributed by atoms with Crippen molar-refractivity contribution < 1.29 is 19.4 Å². The normalized spacial score (nSPS) is 10.1. The molecular formula is C11H9N3O4. The van der Waals surface area contributed by atoms with Crippen molar-refractivity contribution in [3.63, 3.8) is 0 Å². The van der Waals surface area contributed by atoms with Crippen LogP contribution in [0.3, 0.4) is 0 Å². The molecule has 0 unspecified atom stereocenters. The van der Waals surface area contributed by atoms with Crippen molar-refractivity contribution >= 4 is 11.9 Å². The van der Waals surface area contributed by atoms with Crippen molar-refractivity contribution in [2.45, 2.75) is 0 Å². The van der Waals surface area contributed by atoms with Gasteiger partial charge < -0.3 is 9.84 Å². The Kier molecular flexibility index (Phi) is 3.05. The number of aromatic nitrogens is 3. The molecule has 1 heterocycles. The Bertz CT molecular complexity index is 589. The van der Waals surface area contributed by atoms with Gasteiger partial charge in [0.2, 0.25) is 0 Å². The molecule has 1 aromatic carbocycles. The maximum absolute atomic E-state index is 11.2. The first-order chi connectivity index (χ1) is 8.61. The lowest BCUT2D eigenvalue weighted by Crippen LogP contribution is -2.02. The fraction of sp³-hybridized carbons (Fsp3) is 0.0909. The molecule has 92 valence electrons. The highest BCUT2D eigenvalue weighted by atomic mass is 16.5. The monoisotopic (exact) mass is 247 g/mol. The number of aromatic carboxylic acids is 1. The quantitative estimate of drug-likeness (QED) is 0.804. The van der Waals surface area contributed by atoms with Crippen LogP contribution in [0.15, 0.2) is 30.5 Å². The molecular weight excluding hydrogens is 238 g/mol. The second kappa shape index (κ2) is 4.66. The molecule has 0 saturated heterocycles. The van der Waals surface area contributed by atoms with Gasteiger partial charge in [0.1, 0.15) is 0 Å². The first-order valence-corrected chi connectivity index (χ1v) is 4.96. The molecule has 0 spiro atoms. The summed E-state index contributed by atoms with van der Waals surface area (Å²) < 4.78 is 5.88. The van der Waals surface area contributed by atoms with Crippen LogP contribution >= 0.6 is 0 Å². The lowest BCUT2D eigenvalue weighted by Gasteiger charge is -2.01. The Balaban J connectivity index is 2.28. The van der Waals surface area contributed by atoms with E-state index in [9.17, 15) is 9.59 Å². The second-order valence-electron chi connectivity index (χ2n) is 3.39. The van der Waals surface area contributed by atoms with Gasteiger partial charge in [0.25, 0.3) is 0 Å². The number of carbonyl (C=O) groups excluding carboxylic acids is 1. The van der Waals surface area contributed by atoms with Gasteiger partial charge in [0.05, 0.1) is 24.6 Å². The van der Waals surface area contributed by atoms with Gasteiger partial charge in [0, 0.05) is 0 Å². The molecule has 0 bridgehead atoms. The smallest absolute Gasteiger partial charge is 0.358 e. The van der Waals surface area contributed by atoms with Gasteiger partial charge in [-0.15, -0.1) is 5.10 Å². The lowest BCUT2D eigenvalue weighted by atomic mass is 10.2. The summed E-state index contributed by atoms with van der Waals surface area (Å²) in [6.45, 7) is 0. The number of esters is 1. The van der Waals surface area contributed by atoms with E-state index in [4.69, 9.17) is 5.11 Å². The first kappa shape index (κ1) is 11.8. The Labute approximate surface area is 102 Å². The summed E-state index contributed by atoms with van der Waals surface area (Å²) in [5, 5.41) is 15.9. The number of carboxylic acid groups (broad SMARTS) is 1. The van der Waals surface area contributed by atoms with Gasteiger partial charge in [0.15, 0.2) is 5.69 Å². The van der Waals surface area contributed by atoms with E-state index in [1.807, 2.05) is 0 Å². The molecule has 18 heavy (non-hydrogen) atoms. The van der Waals surface area contributed by atoms with Crippen LogP contribution < -0.4 is 0 Å². The fourth-order valence-corrected chi connectivity index (χ4v) is 1.36. The summed E-state index contributed by atoms with van der Waals surface area (Å²) in [5.74, 6) is -1.58. The van der Waals surface area contributed by atoms with E-state index < -0.39 is 11.9 Å². The predicted octanol–water partition coefficient (Wildman–Crippen LogP) is 0.752. The van der Waals surface area contributed by atoms with E-state index in [0.717, 1.165) is 0 Å². The van der Waals surface area contributed by atoms with Crippen molar-refractivity contribution in [3.05, 3.63) is 41.7 Å². The molecule has 0 aliphatic heterocycles. The molecule has 7 nitrogen and oxygen atoms in total. The van der Waals surface area contributed by atoms with Gasteiger partial charge in [-0.2, -0.15) is 0 Å². The zero-order valence-electron chi connectivity index (χ0n) is 9.40. The van der Waals surface area contributed by atoms with E-state index in [2.05, 4.69) is 15.0 Å². The Morgan fingerprint density at radius 1 is 1.28 bits per heavy atom. The highest BCUT2D eigenvalue weighted by Crippen LogP contribution is 2.10. The van der Waals surface area contributed by atoms with Crippen molar-refractivity contribution in [3.8, 4) is 5.69 Å². The number of ether oxygens (including phenoxy) is 1. The van der Waals surface area contributed by atoms with Crippen LogP contribution in [-0.4, -0.2) is 39.1 Å². The standard InChI is InChI=1S/C11H9N3O4/c1-18-11(17)7-2-4-8(5-3-7)14-6-9(10(15)16)12-13-14/h2-6H,1H3,(H,15,16). The highest BCUT2D eigenvalue weighted by molar-refractivity contribution is 5.89.